The van der Waals surface area contributed by atoms with Crippen LogP contribution >= 0.6 is 0 Å². The molecule has 0 aromatic carbocycles. The van der Waals surface area contributed by atoms with Crippen LogP contribution in [0.15, 0.2) is 12.2 Å². The Hall–Kier alpha value is -0.300. The molecule has 1 N–H and O–H groups in total. The molecule has 0 aliphatic heterocycles. The van der Waals surface area contributed by atoms with Crippen molar-refractivity contribution in [2.24, 2.45) is 11.3 Å². The highest BCUT2D eigenvalue weighted by molar-refractivity contribution is 4.99. The molecule has 0 aliphatic rings. The first kappa shape index (κ1) is 10.7. The summed E-state index contributed by atoms with van der Waals surface area (Å²) in [5.74, 6) is 0.190. The SMILES string of the molecule is C=C(C)[C@@H](C)[C@@H](O)C(C)(C)C. The number of hydrogen-bond acceptors (Lipinski definition) is 1. The van der Waals surface area contributed by atoms with Gasteiger partial charge in [-0.05, 0) is 12.3 Å². The van der Waals surface area contributed by atoms with E-state index >= 15 is 0 Å². The Morgan fingerprint density at radius 3 is 1.82 bits per heavy atom. The summed E-state index contributed by atoms with van der Waals surface area (Å²) >= 11 is 0. The molecule has 0 bridgehead atoms. The molecule has 0 aromatic heterocycles. The summed E-state index contributed by atoms with van der Waals surface area (Å²) in [7, 11) is 0. The number of aliphatic hydroxyl groups excluding tert-OH is 1. The van der Waals surface area contributed by atoms with Gasteiger partial charge in [-0.1, -0.05) is 39.8 Å². The molecule has 0 aliphatic carbocycles. The van der Waals surface area contributed by atoms with Gasteiger partial charge >= 0.3 is 0 Å². The third-order valence-corrected chi connectivity index (χ3v) is 2.14. The normalized spacial score (nSPS) is 17.6. The van der Waals surface area contributed by atoms with Crippen LogP contribution in [-0.2, 0) is 0 Å². The van der Waals surface area contributed by atoms with E-state index in [0.29, 0.717) is 0 Å². The van der Waals surface area contributed by atoms with Crippen LogP contribution in [0.5, 0.6) is 0 Å². The van der Waals surface area contributed by atoms with Crippen LogP contribution in [0.3, 0.4) is 0 Å². The highest BCUT2D eigenvalue weighted by Gasteiger charge is 2.27. The minimum absolute atomic E-state index is 0.0433. The summed E-state index contributed by atoms with van der Waals surface area (Å²) in [4.78, 5) is 0. The zero-order chi connectivity index (χ0) is 9.23. The number of hydrogen-bond donors (Lipinski definition) is 1. The molecule has 0 aromatic rings. The molecule has 0 amide bonds. The van der Waals surface area contributed by atoms with E-state index < -0.39 is 0 Å². The van der Waals surface area contributed by atoms with Crippen LogP contribution in [0, 0.1) is 11.3 Å². The van der Waals surface area contributed by atoms with Crippen molar-refractivity contribution in [2.75, 3.05) is 0 Å². The third kappa shape index (κ3) is 3.06. The van der Waals surface area contributed by atoms with Crippen LogP contribution in [-0.4, -0.2) is 11.2 Å². The van der Waals surface area contributed by atoms with E-state index in [1.54, 1.807) is 0 Å². The van der Waals surface area contributed by atoms with Gasteiger partial charge in [-0.15, -0.1) is 0 Å². The first-order chi connectivity index (χ1) is 4.76. The van der Waals surface area contributed by atoms with E-state index in [1.807, 2.05) is 34.6 Å². The predicted molar refractivity (Wildman–Crippen MR) is 49.4 cm³/mol. The van der Waals surface area contributed by atoms with E-state index in [9.17, 15) is 5.11 Å². The lowest BCUT2D eigenvalue weighted by Gasteiger charge is -2.31. The first-order valence-electron chi connectivity index (χ1n) is 4.10. The van der Waals surface area contributed by atoms with Gasteiger partial charge < -0.3 is 5.11 Å². The van der Waals surface area contributed by atoms with Gasteiger partial charge in [0.2, 0.25) is 0 Å². The van der Waals surface area contributed by atoms with Crippen molar-refractivity contribution in [1.82, 2.24) is 0 Å². The zero-order valence-electron chi connectivity index (χ0n) is 8.31. The second kappa shape index (κ2) is 3.40. The lowest BCUT2D eigenvalue weighted by Crippen LogP contribution is -2.32. The number of rotatable bonds is 2. The topological polar surface area (TPSA) is 20.2 Å². The van der Waals surface area contributed by atoms with E-state index in [1.165, 1.54) is 0 Å². The van der Waals surface area contributed by atoms with E-state index in [-0.39, 0.29) is 17.4 Å². The van der Waals surface area contributed by atoms with Crippen LogP contribution < -0.4 is 0 Å². The maximum absolute atomic E-state index is 9.76. The summed E-state index contributed by atoms with van der Waals surface area (Å²) < 4.78 is 0. The molecule has 0 fully saturated rings. The molecule has 2 atom stereocenters. The lowest BCUT2D eigenvalue weighted by atomic mass is 9.80. The van der Waals surface area contributed by atoms with Gasteiger partial charge in [0.1, 0.15) is 0 Å². The van der Waals surface area contributed by atoms with Gasteiger partial charge in [-0.25, -0.2) is 0 Å². The summed E-state index contributed by atoms with van der Waals surface area (Å²) in [6, 6.07) is 0. The summed E-state index contributed by atoms with van der Waals surface area (Å²) in [5, 5.41) is 9.76. The fourth-order valence-corrected chi connectivity index (χ4v) is 1.02. The van der Waals surface area contributed by atoms with Crippen molar-refractivity contribution < 1.29 is 5.11 Å². The molecule has 0 rings (SSSR count). The second-order valence-electron chi connectivity index (χ2n) is 4.45. The molecular weight excluding hydrogens is 136 g/mol. The Labute approximate surface area is 70.1 Å². The van der Waals surface area contributed by atoms with Crippen molar-refractivity contribution in [1.29, 1.82) is 0 Å². The van der Waals surface area contributed by atoms with Crippen molar-refractivity contribution in [3.05, 3.63) is 12.2 Å². The monoisotopic (exact) mass is 156 g/mol. The van der Waals surface area contributed by atoms with Crippen molar-refractivity contribution >= 4 is 0 Å². The van der Waals surface area contributed by atoms with Crippen molar-refractivity contribution in [3.8, 4) is 0 Å². The van der Waals surface area contributed by atoms with Gasteiger partial charge in [0.05, 0.1) is 6.10 Å². The minimum atomic E-state index is -0.292. The zero-order valence-corrected chi connectivity index (χ0v) is 8.31. The Morgan fingerprint density at radius 1 is 1.36 bits per heavy atom. The standard InChI is InChI=1S/C10H20O/c1-7(2)8(3)9(11)10(4,5)6/h8-9,11H,1H2,2-6H3/t8-,9-/m1/s1. The van der Waals surface area contributed by atoms with Crippen molar-refractivity contribution in [3.63, 3.8) is 0 Å². The Balaban J connectivity index is 4.25. The summed E-state index contributed by atoms with van der Waals surface area (Å²) in [5.41, 5.74) is 1.01. The fraction of sp³-hybridized carbons (Fsp3) is 0.800. The molecule has 66 valence electrons. The summed E-state index contributed by atoms with van der Waals surface area (Å²) in [6.07, 6.45) is -0.292. The van der Waals surface area contributed by atoms with Crippen LogP contribution in [0.4, 0.5) is 0 Å². The van der Waals surface area contributed by atoms with E-state index in [2.05, 4.69) is 6.58 Å². The summed E-state index contributed by atoms with van der Waals surface area (Å²) in [6.45, 7) is 13.9. The largest absolute Gasteiger partial charge is 0.392 e. The highest BCUT2D eigenvalue weighted by Crippen LogP contribution is 2.28. The Morgan fingerprint density at radius 2 is 1.73 bits per heavy atom. The van der Waals surface area contributed by atoms with Gasteiger partial charge in [0, 0.05) is 5.92 Å². The highest BCUT2D eigenvalue weighted by atomic mass is 16.3. The smallest absolute Gasteiger partial charge is 0.0650 e. The van der Waals surface area contributed by atoms with Crippen LogP contribution in [0.25, 0.3) is 0 Å². The third-order valence-electron chi connectivity index (χ3n) is 2.14. The molecule has 0 radical (unpaired) electrons. The molecule has 0 unspecified atom stereocenters. The predicted octanol–water partition coefficient (Wildman–Crippen LogP) is 2.61. The maximum atomic E-state index is 9.76. The fourth-order valence-electron chi connectivity index (χ4n) is 1.02. The van der Waals surface area contributed by atoms with Crippen molar-refractivity contribution in [2.45, 2.75) is 40.7 Å². The average molecular weight is 156 g/mol. The van der Waals surface area contributed by atoms with Gasteiger partial charge in [-0.2, -0.15) is 0 Å². The molecule has 1 heteroatoms. The first-order valence-corrected chi connectivity index (χ1v) is 4.10. The molecule has 0 heterocycles. The molecular formula is C10H20O. The minimum Gasteiger partial charge on any atom is -0.392 e. The van der Waals surface area contributed by atoms with Gasteiger partial charge in [-0.3, -0.25) is 0 Å². The Bertz CT molecular complexity index is 141. The van der Waals surface area contributed by atoms with Crippen LogP contribution in [0.1, 0.15) is 34.6 Å². The van der Waals surface area contributed by atoms with E-state index in [0.717, 1.165) is 5.57 Å². The molecule has 0 spiro atoms. The molecule has 1 nitrogen and oxygen atoms in total. The lowest BCUT2D eigenvalue weighted by molar-refractivity contribution is 0.0303. The Kier molecular flexibility index (Phi) is 3.30. The molecule has 0 saturated carbocycles. The quantitative estimate of drug-likeness (QED) is 0.609. The van der Waals surface area contributed by atoms with Gasteiger partial charge in [0.25, 0.3) is 0 Å². The number of aliphatic hydroxyl groups is 1. The second-order valence-corrected chi connectivity index (χ2v) is 4.45. The molecule has 11 heavy (non-hydrogen) atoms. The van der Waals surface area contributed by atoms with Gasteiger partial charge in [0.15, 0.2) is 0 Å². The average Bonchev–Trinajstić information content (AvgIpc) is 1.82. The molecule has 0 saturated heterocycles. The maximum Gasteiger partial charge on any atom is 0.0650 e. The van der Waals surface area contributed by atoms with Crippen LogP contribution in [0.2, 0.25) is 0 Å². The van der Waals surface area contributed by atoms with E-state index in [4.69, 9.17) is 0 Å².